The van der Waals surface area contributed by atoms with Gasteiger partial charge in [-0.1, -0.05) is 18.2 Å². The summed E-state index contributed by atoms with van der Waals surface area (Å²) in [5.41, 5.74) is 8.79. The number of aliphatic imine (C=N–C) groups is 1. The van der Waals surface area contributed by atoms with E-state index in [1.54, 1.807) is 6.20 Å². The molecule has 3 rings (SSSR count). The SMILES string of the molecule is NCCCN1c2ccccc2C=Nc2cccnc21. The van der Waals surface area contributed by atoms with Gasteiger partial charge >= 0.3 is 0 Å². The van der Waals surface area contributed by atoms with Crippen molar-refractivity contribution < 1.29 is 0 Å². The maximum atomic E-state index is 5.65. The van der Waals surface area contributed by atoms with Crippen LogP contribution < -0.4 is 10.6 Å². The van der Waals surface area contributed by atoms with E-state index in [-0.39, 0.29) is 0 Å². The molecule has 2 aromatic rings. The summed E-state index contributed by atoms with van der Waals surface area (Å²) in [4.78, 5) is 11.2. The van der Waals surface area contributed by atoms with Crippen LogP contribution in [0.3, 0.4) is 0 Å². The molecule has 0 bridgehead atoms. The second-order valence-electron chi connectivity index (χ2n) is 4.46. The zero-order valence-corrected chi connectivity index (χ0v) is 10.7. The summed E-state index contributed by atoms with van der Waals surface area (Å²) in [6.07, 6.45) is 4.63. The molecule has 0 amide bonds. The monoisotopic (exact) mass is 252 g/mol. The highest BCUT2D eigenvalue weighted by Gasteiger charge is 2.18. The van der Waals surface area contributed by atoms with Gasteiger partial charge in [0.25, 0.3) is 0 Å². The average molecular weight is 252 g/mol. The first-order chi connectivity index (χ1) is 9.40. The Balaban J connectivity index is 2.12. The molecule has 0 fully saturated rings. The van der Waals surface area contributed by atoms with Gasteiger partial charge in [0.15, 0.2) is 5.82 Å². The van der Waals surface area contributed by atoms with Gasteiger partial charge in [0.1, 0.15) is 5.69 Å². The van der Waals surface area contributed by atoms with E-state index in [1.165, 1.54) is 0 Å². The molecule has 0 atom stereocenters. The topological polar surface area (TPSA) is 54.5 Å². The molecular weight excluding hydrogens is 236 g/mol. The number of nitrogens with zero attached hydrogens (tertiary/aromatic N) is 3. The first kappa shape index (κ1) is 11.9. The van der Waals surface area contributed by atoms with E-state index in [1.807, 2.05) is 30.5 Å². The smallest absolute Gasteiger partial charge is 0.159 e. The van der Waals surface area contributed by atoms with Gasteiger partial charge in [0, 0.05) is 24.5 Å². The third-order valence-corrected chi connectivity index (χ3v) is 3.18. The van der Waals surface area contributed by atoms with Crippen LogP contribution >= 0.6 is 0 Å². The lowest BCUT2D eigenvalue weighted by Gasteiger charge is -2.24. The van der Waals surface area contributed by atoms with Crippen LogP contribution in [-0.4, -0.2) is 24.3 Å². The van der Waals surface area contributed by atoms with Crippen LogP contribution in [0, 0.1) is 0 Å². The second-order valence-corrected chi connectivity index (χ2v) is 4.46. The highest BCUT2D eigenvalue weighted by atomic mass is 15.2. The minimum absolute atomic E-state index is 0.668. The van der Waals surface area contributed by atoms with Crippen molar-refractivity contribution in [3.8, 4) is 0 Å². The van der Waals surface area contributed by atoms with Crippen molar-refractivity contribution in [2.45, 2.75) is 6.42 Å². The maximum Gasteiger partial charge on any atom is 0.159 e. The van der Waals surface area contributed by atoms with Crippen LogP contribution in [0.1, 0.15) is 12.0 Å². The second kappa shape index (κ2) is 5.20. The molecule has 1 aromatic heterocycles. The molecule has 4 heteroatoms. The molecule has 1 aliphatic rings. The Labute approximate surface area is 112 Å². The molecule has 0 saturated heterocycles. The summed E-state index contributed by atoms with van der Waals surface area (Å²) in [6, 6.07) is 12.1. The van der Waals surface area contributed by atoms with Gasteiger partial charge in [-0.05, 0) is 31.2 Å². The molecule has 0 radical (unpaired) electrons. The number of anilines is 2. The number of fused-ring (bicyclic) bond motifs is 2. The summed E-state index contributed by atoms with van der Waals surface area (Å²) in [5.74, 6) is 0.900. The van der Waals surface area contributed by atoms with E-state index in [9.17, 15) is 0 Å². The van der Waals surface area contributed by atoms with E-state index < -0.39 is 0 Å². The lowest BCUT2D eigenvalue weighted by molar-refractivity contribution is 0.811. The molecule has 0 spiro atoms. The number of hydrogen-bond donors (Lipinski definition) is 1. The molecule has 2 heterocycles. The van der Waals surface area contributed by atoms with Crippen LogP contribution in [0.4, 0.5) is 17.2 Å². The third-order valence-electron chi connectivity index (χ3n) is 3.18. The van der Waals surface area contributed by atoms with Gasteiger partial charge in [-0.2, -0.15) is 0 Å². The number of benzene rings is 1. The normalized spacial score (nSPS) is 12.8. The average Bonchev–Trinajstić information content (AvgIpc) is 2.62. The maximum absolute atomic E-state index is 5.65. The predicted molar refractivity (Wildman–Crippen MR) is 78.6 cm³/mol. The largest absolute Gasteiger partial charge is 0.330 e. The zero-order valence-electron chi connectivity index (χ0n) is 10.7. The van der Waals surface area contributed by atoms with E-state index in [0.29, 0.717) is 6.54 Å². The van der Waals surface area contributed by atoms with Crippen LogP contribution in [0.5, 0.6) is 0 Å². The van der Waals surface area contributed by atoms with E-state index >= 15 is 0 Å². The first-order valence-electron chi connectivity index (χ1n) is 6.46. The molecule has 96 valence electrons. The van der Waals surface area contributed by atoms with Crippen molar-refractivity contribution in [2.24, 2.45) is 10.7 Å². The highest BCUT2D eigenvalue weighted by Crippen LogP contribution is 2.35. The summed E-state index contributed by atoms with van der Waals surface area (Å²) < 4.78 is 0. The van der Waals surface area contributed by atoms with E-state index in [0.717, 1.165) is 35.7 Å². The van der Waals surface area contributed by atoms with Gasteiger partial charge < -0.3 is 10.6 Å². The fourth-order valence-electron chi connectivity index (χ4n) is 2.27. The van der Waals surface area contributed by atoms with Crippen molar-refractivity contribution in [3.05, 3.63) is 48.2 Å². The minimum atomic E-state index is 0.668. The Morgan fingerprint density at radius 2 is 2.00 bits per heavy atom. The Hall–Kier alpha value is -2.20. The number of aromatic nitrogens is 1. The number of pyridine rings is 1. The predicted octanol–water partition coefficient (Wildman–Crippen LogP) is 2.63. The number of rotatable bonds is 3. The number of nitrogens with two attached hydrogens (primary N) is 1. The summed E-state index contributed by atoms with van der Waals surface area (Å²) in [5, 5.41) is 0. The van der Waals surface area contributed by atoms with Crippen LogP contribution in [0.25, 0.3) is 0 Å². The van der Waals surface area contributed by atoms with E-state index in [4.69, 9.17) is 5.73 Å². The minimum Gasteiger partial charge on any atom is -0.330 e. The Morgan fingerprint density at radius 3 is 2.89 bits per heavy atom. The first-order valence-corrected chi connectivity index (χ1v) is 6.46. The highest BCUT2D eigenvalue weighted by molar-refractivity contribution is 5.95. The van der Waals surface area contributed by atoms with Gasteiger partial charge in [-0.3, -0.25) is 4.99 Å². The summed E-state index contributed by atoms with van der Waals surface area (Å²) >= 11 is 0. The quantitative estimate of drug-likeness (QED) is 0.913. The van der Waals surface area contributed by atoms with Crippen LogP contribution in [0.2, 0.25) is 0 Å². The van der Waals surface area contributed by atoms with Crippen molar-refractivity contribution in [1.82, 2.24) is 4.98 Å². The number of para-hydroxylation sites is 1. The molecule has 0 saturated carbocycles. The molecule has 2 N–H and O–H groups in total. The molecule has 19 heavy (non-hydrogen) atoms. The summed E-state index contributed by atoms with van der Waals surface area (Å²) in [6.45, 7) is 1.52. The van der Waals surface area contributed by atoms with Crippen molar-refractivity contribution >= 4 is 23.4 Å². The molecule has 0 unspecified atom stereocenters. The lowest BCUT2D eigenvalue weighted by Crippen LogP contribution is -2.22. The van der Waals surface area contributed by atoms with Crippen molar-refractivity contribution in [1.29, 1.82) is 0 Å². The Bertz CT molecular complexity index is 557. The lowest BCUT2D eigenvalue weighted by atomic mass is 10.1. The van der Waals surface area contributed by atoms with E-state index in [2.05, 4.69) is 27.0 Å². The van der Waals surface area contributed by atoms with Crippen LogP contribution in [0.15, 0.2) is 47.6 Å². The third kappa shape index (κ3) is 2.22. The van der Waals surface area contributed by atoms with Gasteiger partial charge in [-0.25, -0.2) is 4.98 Å². The van der Waals surface area contributed by atoms with Gasteiger partial charge in [0.05, 0.1) is 5.69 Å². The molecule has 0 aliphatic carbocycles. The van der Waals surface area contributed by atoms with Gasteiger partial charge in [-0.15, -0.1) is 0 Å². The Morgan fingerprint density at radius 1 is 1.11 bits per heavy atom. The molecular formula is C15H16N4. The summed E-state index contributed by atoms with van der Waals surface area (Å²) in [7, 11) is 0. The fourth-order valence-corrected chi connectivity index (χ4v) is 2.27. The zero-order chi connectivity index (χ0) is 13.1. The Kier molecular flexibility index (Phi) is 3.25. The fraction of sp³-hybridized carbons (Fsp3) is 0.200. The van der Waals surface area contributed by atoms with Crippen LogP contribution in [-0.2, 0) is 0 Å². The molecule has 1 aliphatic heterocycles. The number of hydrogen-bond acceptors (Lipinski definition) is 4. The standard InChI is InChI=1S/C15H16N4/c16-8-4-10-19-14-7-2-1-5-12(14)11-18-13-6-3-9-17-15(13)19/h1-3,5-7,9,11H,4,8,10,16H2. The molecule has 4 nitrogen and oxygen atoms in total. The van der Waals surface area contributed by atoms with Crippen molar-refractivity contribution in [2.75, 3.05) is 18.0 Å². The van der Waals surface area contributed by atoms with Gasteiger partial charge in [0.2, 0.25) is 0 Å². The molecule has 1 aromatic carbocycles. The van der Waals surface area contributed by atoms with Crippen molar-refractivity contribution in [3.63, 3.8) is 0 Å².